The largest absolute Gasteiger partial charge is 0.374 e. The molecule has 2 aliphatic heterocycles. The van der Waals surface area contributed by atoms with Gasteiger partial charge in [-0.15, -0.1) is 11.8 Å². The van der Waals surface area contributed by atoms with Crippen molar-refractivity contribution < 1.29 is 4.74 Å². The van der Waals surface area contributed by atoms with Gasteiger partial charge in [0.1, 0.15) is 0 Å². The normalized spacial score (nSPS) is 40.8. The van der Waals surface area contributed by atoms with Crippen molar-refractivity contribution in [3.63, 3.8) is 0 Å². The number of ether oxygens (including phenoxy) is 1. The Labute approximate surface area is 65.7 Å². The molecule has 0 aromatic rings. The minimum Gasteiger partial charge on any atom is -0.374 e. The maximum absolute atomic E-state index is 5.60. The molecular weight excluding hydrogens is 146 g/mol. The van der Waals surface area contributed by atoms with Gasteiger partial charge < -0.3 is 10.1 Å². The molecule has 2 rings (SSSR count). The van der Waals surface area contributed by atoms with Gasteiger partial charge in [0.05, 0.1) is 18.1 Å². The van der Waals surface area contributed by atoms with Gasteiger partial charge >= 0.3 is 0 Å². The van der Waals surface area contributed by atoms with E-state index < -0.39 is 0 Å². The number of rotatable bonds is 0. The lowest BCUT2D eigenvalue weighted by Crippen LogP contribution is -2.48. The van der Waals surface area contributed by atoms with Crippen LogP contribution in [0.4, 0.5) is 0 Å². The van der Waals surface area contributed by atoms with Crippen molar-refractivity contribution in [2.45, 2.75) is 24.3 Å². The highest BCUT2D eigenvalue weighted by Gasteiger charge is 2.28. The zero-order chi connectivity index (χ0) is 6.81. The molecule has 3 heteroatoms. The molecule has 2 aliphatic rings. The van der Waals surface area contributed by atoms with Crippen molar-refractivity contribution in [3.8, 4) is 0 Å². The Bertz CT molecular complexity index is 94.2. The van der Waals surface area contributed by atoms with Crippen molar-refractivity contribution in [1.82, 2.24) is 5.32 Å². The highest BCUT2D eigenvalue weighted by molar-refractivity contribution is 7.99. The first kappa shape index (κ1) is 6.95. The fourth-order valence-corrected chi connectivity index (χ4v) is 2.78. The van der Waals surface area contributed by atoms with Gasteiger partial charge in [-0.3, -0.25) is 0 Å². The lowest BCUT2D eigenvalue weighted by Gasteiger charge is -2.35. The van der Waals surface area contributed by atoms with E-state index >= 15 is 0 Å². The topological polar surface area (TPSA) is 21.3 Å². The third kappa shape index (κ3) is 1.31. The van der Waals surface area contributed by atoms with Gasteiger partial charge in [0.25, 0.3) is 0 Å². The molecule has 0 amide bonds. The third-order valence-corrected chi connectivity index (χ3v) is 3.40. The average molecular weight is 159 g/mol. The van der Waals surface area contributed by atoms with E-state index in [1.807, 2.05) is 11.8 Å². The van der Waals surface area contributed by atoms with Crippen LogP contribution < -0.4 is 5.32 Å². The SMILES string of the molecule is C1CSC2NCCOC2C1. The van der Waals surface area contributed by atoms with Crippen LogP contribution in [0, 0.1) is 0 Å². The van der Waals surface area contributed by atoms with Gasteiger partial charge in [0.15, 0.2) is 0 Å². The van der Waals surface area contributed by atoms with Gasteiger partial charge in [-0.25, -0.2) is 0 Å². The van der Waals surface area contributed by atoms with Gasteiger partial charge in [-0.2, -0.15) is 0 Å². The van der Waals surface area contributed by atoms with Crippen LogP contribution in [0.3, 0.4) is 0 Å². The van der Waals surface area contributed by atoms with E-state index in [0.29, 0.717) is 11.5 Å². The highest BCUT2D eigenvalue weighted by Crippen LogP contribution is 2.27. The summed E-state index contributed by atoms with van der Waals surface area (Å²) in [5.74, 6) is 1.30. The van der Waals surface area contributed by atoms with Crippen LogP contribution in [0.25, 0.3) is 0 Å². The summed E-state index contributed by atoms with van der Waals surface area (Å²) >= 11 is 2.01. The van der Waals surface area contributed by atoms with Crippen LogP contribution in [-0.4, -0.2) is 30.4 Å². The average Bonchev–Trinajstić information content (AvgIpc) is 2.05. The van der Waals surface area contributed by atoms with E-state index in [0.717, 1.165) is 13.2 Å². The summed E-state index contributed by atoms with van der Waals surface area (Å²) in [6.07, 6.45) is 3.09. The first-order chi connectivity index (χ1) is 4.97. The van der Waals surface area contributed by atoms with Crippen LogP contribution in [0.1, 0.15) is 12.8 Å². The van der Waals surface area contributed by atoms with E-state index in [1.165, 1.54) is 18.6 Å². The van der Waals surface area contributed by atoms with Gasteiger partial charge in [-0.05, 0) is 18.6 Å². The maximum atomic E-state index is 5.60. The molecule has 58 valence electrons. The Morgan fingerprint density at radius 1 is 1.50 bits per heavy atom. The number of morpholine rings is 1. The molecule has 0 radical (unpaired) electrons. The molecule has 0 aromatic carbocycles. The van der Waals surface area contributed by atoms with Gasteiger partial charge in [-0.1, -0.05) is 0 Å². The summed E-state index contributed by atoms with van der Waals surface area (Å²) in [7, 11) is 0. The number of nitrogens with one attached hydrogen (secondary N) is 1. The second-order valence-corrected chi connectivity index (χ2v) is 4.05. The molecule has 0 spiro atoms. The van der Waals surface area contributed by atoms with Crippen molar-refractivity contribution in [2.75, 3.05) is 18.9 Å². The molecule has 0 aliphatic carbocycles. The summed E-state index contributed by atoms with van der Waals surface area (Å²) in [5.41, 5.74) is 0. The quantitative estimate of drug-likeness (QED) is 0.565. The van der Waals surface area contributed by atoms with Crippen LogP contribution >= 0.6 is 11.8 Å². The molecule has 0 aromatic heterocycles. The predicted octanol–water partition coefficient (Wildman–Crippen LogP) is 0.828. The second kappa shape index (κ2) is 3.11. The molecule has 2 atom stereocenters. The fraction of sp³-hybridized carbons (Fsp3) is 1.00. The number of fused-ring (bicyclic) bond motifs is 1. The molecule has 0 bridgehead atoms. The molecule has 10 heavy (non-hydrogen) atoms. The van der Waals surface area contributed by atoms with E-state index in [4.69, 9.17) is 4.74 Å². The van der Waals surface area contributed by atoms with Gasteiger partial charge in [0, 0.05) is 6.54 Å². The smallest absolute Gasteiger partial charge is 0.0822 e. The highest BCUT2D eigenvalue weighted by atomic mass is 32.2. The summed E-state index contributed by atoms with van der Waals surface area (Å²) in [5, 5.41) is 4.06. The van der Waals surface area contributed by atoms with E-state index in [-0.39, 0.29) is 0 Å². The maximum Gasteiger partial charge on any atom is 0.0822 e. The number of hydrogen-bond donors (Lipinski definition) is 1. The van der Waals surface area contributed by atoms with E-state index in [1.54, 1.807) is 0 Å². The molecule has 2 heterocycles. The summed E-state index contributed by atoms with van der Waals surface area (Å²) in [6, 6.07) is 0. The third-order valence-electron chi connectivity index (χ3n) is 2.05. The standard InChI is InChI=1S/C7H13NOS/c1-2-6-7(10-5-1)8-3-4-9-6/h6-8H,1-5H2. The van der Waals surface area contributed by atoms with Crippen LogP contribution in [0.2, 0.25) is 0 Å². The minimum atomic E-state index is 0.507. The van der Waals surface area contributed by atoms with E-state index in [2.05, 4.69) is 5.32 Å². The molecule has 1 N–H and O–H groups in total. The Balaban J connectivity index is 1.93. The molecular formula is C7H13NOS. The first-order valence-corrected chi connectivity index (χ1v) is 4.98. The lowest BCUT2D eigenvalue weighted by atomic mass is 10.2. The summed E-state index contributed by atoms with van der Waals surface area (Å²) in [4.78, 5) is 0. The Morgan fingerprint density at radius 3 is 3.40 bits per heavy atom. The van der Waals surface area contributed by atoms with Crippen molar-refractivity contribution >= 4 is 11.8 Å². The van der Waals surface area contributed by atoms with Crippen molar-refractivity contribution in [2.24, 2.45) is 0 Å². The Morgan fingerprint density at radius 2 is 2.50 bits per heavy atom. The molecule has 0 saturated carbocycles. The molecule has 2 nitrogen and oxygen atoms in total. The first-order valence-electron chi connectivity index (χ1n) is 3.93. The second-order valence-electron chi connectivity index (χ2n) is 2.80. The van der Waals surface area contributed by atoms with Crippen LogP contribution in [0.5, 0.6) is 0 Å². The van der Waals surface area contributed by atoms with Crippen LogP contribution in [0.15, 0.2) is 0 Å². The minimum absolute atomic E-state index is 0.507. The predicted molar refractivity (Wildman–Crippen MR) is 43.2 cm³/mol. The monoisotopic (exact) mass is 159 g/mol. The zero-order valence-corrected chi connectivity index (χ0v) is 6.82. The summed E-state index contributed by atoms with van der Waals surface area (Å²) < 4.78 is 5.60. The zero-order valence-electron chi connectivity index (χ0n) is 6.01. The molecule has 2 fully saturated rings. The molecule has 2 unspecified atom stereocenters. The number of thioether (sulfide) groups is 1. The summed E-state index contributed by atoms with van der Waals surface area (Å²) in [6.45, 7) is 1.94. The Kier molecular flexibility index (Phi) is 2.16. The lowest BCUT2D eigenvalue weighted by molar-refractivity contribution is 0.0117. The Hall–Kier alpha value is 0.270. The van der Waals surface area contributed by atoms with E-state index in [9.17, 15) is 0 Å². The van der Waals surface area contributed by atoms with Crippen molar-refractivity contribution in [1.29, 1.82) is 0 Å². The molecule has 2 saturated heterocycles. The van der Waals surface area contributed by atoms with Gasteiger partial charge in [0.2, 0.25) is 0 Å². The fourth-order valence-electron chi connectivity index (χ4n) is 1.53. The number of hydrogen-bond acceptors (Lipinski definition) is 3. The van der Waals surface area contributed by atoms with Crippen molar-refractivity contribution in [3.05, 3.63) is 0 Å². The van der Waals surface area contributed by atoms with Crippen LogP contribution in [-0.2, 0) is 4.74 Å².